The number of non-ortho nitro benzene ring substituents is 1. The average Bonchev–Trinajstić information content (AvgIpc) is 2.46. The highest BCUT2D eigenvalue weighted by Crippen LogP contribution is 2.30. The second kappa shape index (κ2) is 6.05. The number of nitrogens with one attached hydrogen (secondary N) is 1. The molecule has 9 nitrogen and oxygen atoms in total. The number of nitro groups is 1. The molecule has 2 aromatic rings. The number of rotatable bonds is 4. The van der Waals surface area contributed by atoms with E-state index < -0.39 is 4.92 Å². The predicted octanol–water partition coefficient (Wildman–Crippen LogP) is 0.924. The summed E-state index contributed by atoms with van der Waals surface area (Å²) in [6.07, 6.45) is 1.33. The van der Waals surface area contributed by atoms with Crippen molar-refractivity contribution in [2.75, 3.05) is 0 Å². The summed E-state index contributed by atoms with van der Waals surface area (Å²) < 4.78 is 0. The van der Waals surface area contributed by atoms with Crippen molar-refractivity contribution in [3.05, 3.63) is 56.5 Å². The summed E-state index contributed by atoms with van der Waals surface area (Å²) in [5.74, 6) is -0.278. The van der Waals surface area contributed by atoms with Gasteiger partial charge in [-0.3, -0.25) is 14.9 Å². The molecule has 0 aliphatic heterocycles. The van der Waals surface area contributed by atoms with E-state index >= 15 is 0 Å². The van der Waals surface area contributed by atoms with Gasteiger partial charge in [0.1, 0.15) is 0 Å². The normalized spacial score (nSPS) is 11.3. The number of benzene rings is 1. The Balaban J connectivity index is 2.47. The molecule has 0 amide bonds. The molecule has 0 unspecified atom stereocenters. The number of H-pyrrole nitrogens is 1. The van der Waals surface area contributed by atoms with Crippen LogP contribution in [0.25, 0.3) is 0 Å². The highest BCUT2D eigenvalue weighted by molar-refractivity contribution is 7.99. The van der Waals surface area contributed by atoms with Crippen LogP contribution in [0.2, 0.25) is 0 Å². The van der Waals surface area contributed by atoms with Crippen LogP contribution in [0.1, 0.15) is 5.56 Å². The lowest BCUT2D eigenvalue weighted by atomic mass is 10.2. The third-order valence-electron chi connectivity index (χ3n) is 2.41. The Kier molecular flexibility index (Phi) is 4.18. The topological polar surface area (TPSA) is 148 Å². The maximum atomic E-state index is 11.2. The molecule has 21 heavy (non-hydrogen) atoms. The molecule has 108 valence electrons. The number of nitrogens with two attached hydrogens (primary N) is 1. The van der Waals surface area contributed by atoms with Gasteiger partial charge in [-0.2, -0.15) is 0 Å². The summed E-state index contributed by atoms with van der Waals surface area (Å²) in [7, 11) is 0. The molecule has 1 aromatic heterocycles. The van der Waals surface area contributed by atoms with Gasteiger partial charge < -0.3 is 15.9 Å². The molecule has 0 radical (unpaired) electrons. The van der Waals surface area contributed by atoms with E-state index in [0.29, 0.717) is 4.90 Å². The van der Waals surface area contributed by atoms with Gasteiger partial charge >= 0.3 is 0 Å². The van der Waals surface area contributed by atoms with Crippen LogP contribution in [0.4, 0.5) is 5.69 Å². The summed E-state index contributed by atoms with van der Waals surface area (Å²) in [6.45, 7) is 0. The van der Waals surface area contributed by atoms with Crippen molar-refractivity contribution >= 4 is 23.3 Å². The van der Waals surface area contributed by atoms with E-state index in [1.54, 1.807) is 0 Å². The van der Waals surface area contributed by atoms with Crippen LogP contribution >= 0.6 is 11.8 Å². The number of nitro benzene ring substituents is 1. The van der Waals surface area contributed by atoms with E-state index in [1.165, 1.54) is 30.5 Å². The summed E-state index contributed by atoms with van der Waals surface area (Å²) in [4.78, 5) is 28.3. The van der Waals surface area contributed by atoms with Crippen LogP contribution < -0.4 is 11.3 Å². The number of amidine groups is 1. The number of aromatic amines is 1. The van der Waals surface area contributed by atoms with E-state index in [0.717, 1.165) is 11.8 Å². The van der Waals surface area contributed by atoms with E-state index in [-0.39, 0.29) is 27.8 Å². The quantitative estimate of drug-likeness (QED) is 0.190. The largest absolute Gasteiger partial charge is 0.409 e. The minimum atomic E-state index is -0.592. The van der Waals surface area contributed by atoms with Crippen molar-refractivity contribution in [3.8, 4) is 0 Å². The number of oxime groups is 1. The minimum Gasteiger partial charge on any atom is -0.409 e. The summed E-state index contributed by atoms with van der Waals surface area (Å²) in [6, 6.07) is 5.14. The van der Waals surface area contributed by atoms with Gasteiger partial charge in [0.25, 0.3) is 11.2 Å². The molecule has 0 atom stereocenters. The Bertz CT molecular complexity index is 773. The summed E-state index contributed by atoms with van der Waals surface area (Å²) in [5, 5.41) is 22.7. The van der Waals surface area contributed by atoms with Crippen LogP contribution in [0.15, 0.2) is 50.5 Å². The third-order valence-corrected chi connectivity index (χ3v) is 3.39. The second-order valence-corrected chi connectivity index (χ2v) is 4.79. The first kappa shape index (κ1) is 14.5. The lowest BCUT2D eigenvalue weighted by Gasteiger charge is -2.07. The molecular formula is C11H9N5O4S. The van der Waals surface area contributed by atoms with Crippen molar-refractivity contribution < 1.29 is 10.1 Å². The predicted molar refractivity (Wildman–Crippen MR) is 74.6 cm³/mol. The Hall–Kier alpha value is -2.88. The van der Waals surface area contributed by atoms with Crippen LogP contribution in [0, 0.1) is 10.1 Å². The number of hydrogen-bond donors (Lipinski definition) is 3. The molecule has 2 rings (SSSR count). The molecule has 1 heterocycles. The number of hydrogen-bond acceptors (Lipinski definition) is 7. The molecule has 0 aliphatic carbocycles. The van der Waals surface area contributed by atoms with Crippen LogP contribution in [0.3, 0.4) is 0 Å². The highest BCUT2D eigenvalue weighted by atomic mass is 32.2. The highest BCUT2D eigenvalue weighted by Gasteiger charge is 2.15. The molecule has 0 fully saturated rings. The van der Waals surface area contributed by atoms with Crippen molar-refractivity contribution in [3.63, 3.8) is 0 Å². The fraction of sp³-hybridized carbons (Fsp3) is 0. The minimum absolute atomic E-state index is 0.170. The Morgan fingerprint density at radius 2 is 2.24 bits per heavy atom. The molecule has 0 saturated carbocycles. The SMILES string of the molecule is NC(=NO)c1cc([N+](=O)[O-])ccc1Sc1nccc(=O)[nH]1. The summed E-state index contributed by atoms with van der Waals surface area (Å²) >= 11 is 1.03. The number of aromatic nitrogens is 2. The Morgan fingerprint density at radius 1 is 1.48 bits per heavy atom. The van der Waals surface area contributed by atoms with Gasteiger partial charge in [0.05, 0.1) is 4.92 Å². The first-order chi connectivity index (χ1) is 10.0. The van der Waals surface area contributed by atoms with E-state index in [1.807, 2.05) is 0 Å². The zero-order valence-electron chi connectivity index (χ0n) is 10.4. The van der Waals surface area contributed by atoms with Gasteiger partial charge in [-0.25, -0.2) is 4.98 Å². The monoisotopic (exact) mass is 307 g/mol. The van der Waals surface area contributed by atoms with Crippen LogP contribution in [-0.2, 0) is 0 Å². The molecule has 0 spiro atoms. The Morgan fingerprint density at radius 3 is 2.86 bits per heavy atom. The average molecular weight is 307 g/mol. The standard InChI is InChI=1S/C11H9N5O4S/c12-10(15-18)7-5-6(16(19)20)1-2-8(7)21-11-13-4-3-9(17)14-11/h1-5,18H,(H2,12,15)(H,13,14,17). The zero-order chi connectivity index (χ0) is 15.4. The van der Waals surface area contributed by atoms with Crippen LogP contribution in [-0.4, -0.2) is 25.9 Å². The maximum absolute atomic E-state index is 11.2. The first-order valence-electron chi connectivity index (χ1n) is 5.51. The summed E-state index contributed by atoms with van der Waals surface area (Å²) in [5.41, 5.74) is 5.16. The van der Waals surface area contributed by atoms with Gasteiger partial charge in [-0.15, -0.1) is 0 Å². The zero-order valence-corrected chi connectivity index (χ0v) is 11.2. The van der Waals surface area contributed by atoms with Crippen molar-refractivity contribution in [1.29, 1.82) is 0 Å². The Labute approximate surface area is 121 Å². The molecule has 1 aromatic carbocycles. The van der Waals surface area contributed by atoms with E-state index in [2.05, 4.69) is 15.1 Å². The number of nitrogens with zero attached hydrogens (tertiary/aromatic N) is 3. The third kappa shape index (κ3) is 3.36. The van der Waals surface area contributed by atoms with Gasteiger partial charge in [0, 0.05) is 34.9 Å². The van der Waals surface area contributed by atoms with Gasteiger partial charge in [0.2, 0.25) is 0 Å². The molecule has 0 bridgehead atoms. The molecule has 4 N–H and O–H groups in total. The van der Waals surface area contributed by atoms with Crippen molar-refractivity contribution in [1.82, 2.24) is 9.97 Å². The second-order valence-electron chi connectivity index (χ2n) is 3.76. The lowest BCUT2D eigenvalue weighted by molar-refractivity contribution is -0.384. The van der Waals surface area contributed by atoms with Gasteiger partial charge in [-0.1, -0.05) is 16.9 Å². The van der Waals surface area contributed by atoms with E-state index in [9.17, 15) is 14.9 Å². The van der Waals surface area contributed by atoms with Crippen molar-refractivity contribution in [2.24, 2.45) is 10.9 Å². The fourth-order valence-corrected chi connectivity index (χ4v) is 2.37. The van der Waals surface area contributed by atoms with E-state index in [4.69, 9.17) is 10.9 Å². The molecule has 0 aliphatic rings. The van der Waals surface area contributed by atoms with Crippen molar-refractivity contribution in [2.45, 2.75) is 10.1 Å². The lowest BCUT2D eigenvalue weighted by Crippen LogP contribution is -2.15. The van der Waals surface area contributed by atoms with Gasteiger partial charge in [-0.05, 0) is 6.07 Å². The van der Waals surface area contributed by atoms with Crippen LogP contribution in [0.5, 0.6) is 0 Å². The molecular weight excluding hydrogens is 298 g/mol. The maximum Gasteiger partial charge on any atom is 0.270 e. The van der Waals surface area contributed by atoms with Gasteiger partial charge in [0.15, 0.2) is 11.0 Å². The smallest absolute Gasteiger partial charge is 0.270 e. The first-order valence-corrected chi connectivity index (χ1v) is 6.32. The molecule has 0 saturated heterocycles. The fourth-order valence-electron chi connectivity index (χ4n) is 1.48. The molecule has 10 heteroatoms.